The molecule has 0 unspecified atom stereocenters. The zero-order valence-corrected chi connectivity index (χ0v) is 21.8. The van der Waals surface area contributed by atoms with Crippen LogP contribution in [0.4, 0.5) is 5.69 Å². The third-order valence-corrected chi connectivity index (χ3v) is 7.45. The summed E-state index contributed by atoms with van der Waals surface area (Å²) in [6.07, 6.45) is 8.09. The van der Waals surface area contributed by atoms with Crippen molar-refractivity contribution in [3.05, 3.63) is 23.8 Å². The molecule has 0 bridgehead atoms. The molecule has 2 fully saturated rings. The summed E-state index contributed by atoms with van der Waals surface area (Å²) in [6, 6.07) is 6.40. The van der Waals surface area contributed by atoms with Crippen LogP contribution in [0.2, 0.25) is 0 Å². The highest BCUT2D eigenvalue weighted by molar-refractivity contribution is 5.85. The van der Waals surface area contributed by atoms with Crippen molar-refractivity contribution in [1.29, 1.82) is 0 Å². The molecular weight excluding hydrogens is 420 g/mol. The Hall–Kier alpha value is -1.26. The van der Waals surface area contributed by atoms with Crippen LogP contribution >= 0.6 is 12.4 Å². The molecule has 0 radical (unpaired) electrons. The van der Waals surface area contributed by atoms with Crippen LogP contribution < -0.4 is 9.64 Å². The molecule has 0 N–H and O–H groups in total. The molecule has 1 aromatic carbocycles. The van der Waals surface area contributed by atoms with Crippen LogP contribution in [-0.2, 0) is 4.79 Å². The zero-order valence-electron chi connectivity index (χ0n) is 21.0. The Morgan fingerprint density at radius 3 is 2.25 bits per heavy atom. The summed E-state index contributed by atoms with van der Waals surface area (Å²) in [7, 11) is 0. The van der Waals surface area contributed by atoms with Crippen molar-refractivity contribution in [3.8, 4) is 5.75 Å². The molecule has 0 spiro atoms. The van der Waals surface area contributed by atoms with Gasteiger partial charge in [-0.25, -0.2) is 0 Å². The van der Waals surface area contributed by atoms with Gasteiger partial charge in [-0.1, -0.05) is 47.1 Å². The van der Waals surface area contributed by atoms with Gasteiger partial charge in [0.05, 0.1) is 0 Å². The van der Waals surface area contributed by atoms with E-state index in [0.717, 1.165) is 32.1 Å². The molecule has 1 saturated carbocycles. The third kappa shape index (κ3) is 7.12. The van der Waals surface area contributed by atoms with Crippen LogP contribution in [0, 0.1) is 11.3 Å². The van der Waals surface area contributed by atoms with Gasteiger partial charge in [-0.2, -0.15) is 0 Å². The summed E-state index contributed by atoms with van der Waals surface area (Å²) in [5.41, 5.74) is 3.17. The predicted octanol–water partition coefficient (Wildman–Crippen LogP) is 6.67. The first-order valence-electron chi connectivity index (χ1n) is 12.6. The summed E-state index contributed by atoms with van der Waals surface area (Å²) < 4.78 is 5.60. The van der Waals surface area contributed by atoms with Gasteiger partial charge in [0.15, 0.2) is 0 Å². The molecule has 5 heteroatoms. The molecule has 32 heavy (non-hydrogen) atoms. The van der Waals surface area contributed by atoms with Crippen LogP contribution in [0.25, 0.3) is 0 Å². The summed E-state index contributed by atoms with van der Waals surface area (Å²) in [5, 5.41) is 0. The minimum atomic E-state index is -0.159. The Morgan fingerprint density at radius 2 is 1.69 bits per heavy atom. The van der Waals surface area contributed by atoms with E-state index < -0.39 is 0 Å². The SMILES string of the molecule is CCCCN1CCN(c2cc(OC(=O)CC)ccc2C2CCC(C(C)(C)C)CC2)CC1.Cl. The molecular formula is C27H45ClN2O2. The number of halogens is 1. The molecule has 0 atom stereocenters. The van der Waals surface area contributed by atoms with E-state index in [9.17, 15) is 4.79 Å². The number of esters is 1. The molecule has 0 amide bonds. The molecule has 0 aromatic heterocycles. The van der Waals surface area contributed by atoms with Gasteiger partial charge in [0, 0.05) is 44.4 Å². The normalized spacial score (nSPS) is 22.3. The second-order valence-electron chi connectivity index (χ2n) is 10.6. The maximum Gasteiger partial charge on any atom is 0.310 e. The van der Waals surface area contributed by atoms with E-state index in [4.69, 9.17) is 4.74 Å². The number of unbranched alkanes of at least 4 members (excludes halogenated alkanes) is 1. The van der Waals surface area contributed by atoms with E-state index in [0.29, 0.717) is 23.5 Å². The van der Waals surface area contributed by atoms with E-state index in [-0.39, 0.29) is 18.4 Å². The van der Waals surface area contributed by atoms with E-state index in [1.165, 1.54) is 56.3 Å². The number of piperazine rings is 1. The van der Waals surface area contributed by atoms with Crippen molar-refractivity contribution in [2.24, 2.45) is 11.3 Å². The Labute approximate surface area is 202 Å². The number of carbonyl (C=O) groups is 1. The number of hydrogen-bond acceptors (Lipinski definition) is 4. The maximum atomic E-state index is 11.9. The average Bonchev–Trinajstić information content (AvgIpc) is 2.77. The fourth-order valence-corrected chi connectivity index (χ4v) is 5.27. The van der Waals surface area contributed by atoms with E-state index in [1.54, 1.807) is 0 Å². The highest BCUT2D eigenvalue weighted by Crippen LogP contribution is 2.45. The van der Waals surface area contributed by atoms with Gasteiger partial charge in [0.2, 0.25) is 0 Å². The number of ether oxygens (including phenoxy) is 1. The number of anilines is 1. The van der Waals surface area contributed by atoms with Crippen LogP contribution in [-0.4, -0.2) is 43.6 Å². The number of nitrogens with zero attached hydrogens (tertiary/aromatic N) is 2. The van der Waals surface area contributed by atoms with Gasteiger partial charge in [-0.15, -0.1) is 12.4 Å². The van der Waals surface area contributed by atoms with E-state index in [2.05, 4.69) is 49.6 Å². The van der Waals surface area contributed by atoms with Crippen molar-refractivity contribution >= 4 is 24.1 Å². The van der Waals surface area contributed by atoms with Gasteiger partial charge in [0.1, 0.15) is 5.75 Å². The van der Waals surface area contributed by atoms with Crippen LogP contribution in [0.1, 0.15) is 91.0 Å². The number of rotatable bonds is 7. The Morgan fingerprint density at radius 1 is 1.03 bits per heavy atom. The highest BCUT2D eigenvalue weighted by atomic mass is 35.5. The molecule has 2 aliphatic rings. The number of carbonyl (C=O) groups excluding carboxylic acids is 1. The highest BCUT2D eigenvalue weighted by Gasteiger charge is 2.32. The summed E-state index contributed by atoms with van der Waals surface area (Å²) in [4.78, 5) is 17.0. The van der Waals surface area contributed by atoms with Crippen LogP contribution in [0.15, 0.2) is 18.2 Å². The second kappa shape index (κ2) is 12.3. The standard InChI is InChI=1S/C27H44N2O2.ClH/c1-6-8-15-28-16-18-29(19-17-28)25-20-23(31-26(30)7-2)13-14-24(25)21-9-11-22(12-10-21)27(3,4)5;/h13-14,20-22H,6-12,15-19H2,1-5H3;1H. The molecule has 1 aliphatic carbocycles. The Balaban J connectivity index is 0.00000363. The average molecular weight is 465 g/mol. The summed E-state index contributed by atoms with van der Waals surface area (Å²) in [5.74, 6) is 1.97. The molecule has 1 heterocycles. The first kappa shape index (κ1) is 27.0. The van der Waals surface area contributed by atoms with E-state index >= 15 is 0 Å². The summed E-state index contributed by atoms with van der Waals surface area (Å²) >= 11 is 0. The van der Waals surface area contributed by atoms with E-state index in [1.807, 2.05) is 13.0 Å². The van der Waals surface area contributed by atoms with Crippen molar-refractivity contribution < 1.29 is 9.53 Å². The zero-order chi connectivity index (χ0) is 22.4. The molecule has 1 aromatic rings. The van der Waals surface area contributed by atoms with Crippen molar-refractivity contribution in [3.63, 3.8) is 0 Å². The lowest BCUT2D eigenvalue weighted by atomic mass is 9.68. The number of benzene rings is 1. The quantitative estimate of drug-likeness (QED) is 0.333. The van der Waals surface area contributed by atoms with Gasteiger partial charge < -0.3 is 9.64 Å². The first-order chi connectivity index (χ1) is 14.8. The third-order valence-electron chi connectivity index (χ3n) is 7.45. The van der Waals surface area contributed by atoms with Crippen LogP contribution in [0.5, 0.6) is 5.75 Å². The molecule has 3 rings (SSSR count). The topological polar surface area (TPSA) is 32.8 Å². The molecule has 4 nitrogen and oxygen atoms in total. The lowest BCUT2D eigenvalue weighted by Crippen LogP contribution is -2.47. The smallest absolute Gasteiger partial charge is 0.310 e. The van der Waals surface area contributed by atoms with Crippen molar-refractivity contribution in [2.75, 3.05) is 37.6 Å². The minimum Gasteiger partial charge on any atom is -0.426 e. The maximum absolute atomic E-state index is 11.9. The Kier molecular flexibility index (Phi) is 10.4. The monoisotopic (exact) mass is 464 g/mol. The van der Waals surface area contributed by atoms with Gasteiger partial charge in [0.25, 0.3) is 0 Å². The lowest BCUT2D eigenvalue weighted by Gasteiger charge is -2.40. The molecule has 1 aliphatic heterocycles. The van der Waals surface area contributed by atoms with Gasteiger partial charge in [-0.3, -0.25) is 9.69 Å². The predicted molar refractivity (Wildman–Crippen MR) is 137 cm³/mol. The van der Waals surface area contributed by atoms with Crippen molar-refractivity contribution in [1.82, 2.24) is 4.90 Å². The fourth-order valence-electron chi connectivity index (χ4n) is 5.27. The first-order valence-corrected chi connectivity index (χ1v) is 12.6. The van der Waals surface area contributed by atoms with Gasteiger partial charge >= 0.3 is 5.97 Å². The molecule has 1 saturated heterocycles. The van der Waals surface area contributed by atoms with Gasteiger partial charge in [-0.05, 0) is 67.5 Å². The Bertz CT molecular complexity index is 715. The van der Waals surface area contributed by atoms with Crippen molar-refractivity contribution in [2.45, 2.75) is 85.5 Å². The van der Waals surface area contributed by atoms with Crippen LogP contribution in [0.3, 0.4) is 0 Å². The fraction of sp³-hybridized carbons (Fsp3) is 0.741. The lowest BCUT2D eigenvalue weighted by molar-refractivity contribution is -0.134. The number of hydrogen-bond donors (Lipinski definition) is 0. The molecule has 182 valence electrons. The largest absolute Gasteiger partial charge is 0.426 e. The summed E-state index contributed by atoms with van der Waals surface area (Å²) in [6.45, 7) is 16.8. The minimum absolute atomic E-state index is 0. The second-order valence-corrected chi connectivity index (χ2v) is 10.6.